The number of hydrogen-bond acceptors (Lipinski definition) is 6. The molecule has 0 aromatic carbocycles. The molecule has 1 saturated carbocycles. The number of amides is 1. The predicted octanol–water partition coefficient (Wildman–Crippen LogP) is 1.04. The van der Waals surface area contributed by atoms with Crippen molar-refractivity contribution in [1.82, 2.24) is 5.32 Å². The van der Waals surface area contributed by atoms with E-state index in [9.17, 15) is 9.59 Å². The molecule has 1 amide bonds. The van der Waals surface area contributed by atoms with Crippen LogP contribution in [-0.4, -0.2) is 34.8 Å². The number of nitriles is 1. The van der Waals surface area contributed by atoms with Gasteiger partial charge in [0.05, 0.1) is 6.07 Å². The van der Waals surface area contributed by atoms with E-state index in [4.69, 9.17) is 14.8 Å². The number of oxime groups is 1. The Morgan fingerprint density at radius 3 is 2.62 bits per heavy atom. The molecule has 21 heavy (non-hydrogen) atoms. The van der Waals surface area contributed by atoms with Crippen molar-refractivity contribution in [3.8, 4) is 6.07 Å². The second-order valence-electron chi connectivity index (χ2n) is 6.37. The molecule has 0 radical (unpaired) electrons. The molecule has 114 valence electrons. The first kappa shape index (κ1) is 15.3. The highest BCUT2D eigenvalue weighted by Gasteiger charge is 2.42. The summed E-state index contributed by atoms with van der Waals surface area (Å²) < 4.78 is 5.17. The summed E-state index contributed by atoms with van der Waals surface area (Å²) in [5.41, 5.74) is -1.32. The zero-order valence-corrected chi connectivity index (χ0v) is 12.4. The molecule has 0 aromatic rings. The van der Waals surface area contributed by atoms with Crippen molar-refractivity contribution < 1.29 is 19.2 Å². The molecule has 0 aromatic heterocycles. The third-order valence-corrected chi connectivity index (χ3v) is 3.38. The summed E-state index contributed by atoms with van der Waals surface area (Å²) in [6, 6.07) is 2.12. The monoisotopic (exact) mass is 293 g/mol. The lowest BCUT2D eigenvalue weighted by Gasteiger charge is -2.36. The van der Waals surface area contributed by atoms with Gasteiger partial charge in [0.1, 0.15) is 11.1 Å². The molecule has 0 spiro atoms. The fourth-order valence-corrected chi connectivity index (χ4v) is 2.09. The molecule has 1 aliphatic carbocycles. The lowest BCUT2D eigenvalue weighted by molar-refractivity contribution is -0.146. The number of nitrogens with one attached hydrogen (secondary N) is 1. The summed E-state index contributed by atoms with van der Waals surface area (Å²) in [5.74, 6) is -1.00. The molecule has 7 nitrogen and oxygen atoms in total. The summed E-state index contributed by atoms with van der Waals surface area (Å²) in [6.07, 6.45) is 1.38. The first-order valence-corrected chi connectivity index (χ1v) is 6.94. The van der Waals surface area contributed by atoms with E-state index in [0.29, 0.717) is 12.8 Å². The van der Waals surface area contributed by atoms with Gasteiger partial charge in [-0.2, -0.15) is 5.26 Å². The highest BCUT2D eigenvalue weighted by Crippen LogP contribution is 2.31. The van der Waals surface area contributed by atoms with E-state index in [1.165, 1.54) is 0 Å². The van der Waals surface area contributed by atoms with Gasteiger partial charge in [0, 0.05) is 6.42 Å². The summed E-state index contributed by atoms with van der Waals surface area (Å²) in [7, 11) is 0. The van der Waals surface area contributed by atoms with Gasteiger partial charge in [0.25, 0.3) is 5.91 Å². The van der Waals surface area contributed by atoms with Crippen LogP contribution in [-0.2, 0) is 19.2 Å². The molecule has 0 bridgehead atoms. The molecule has 0 unspecified atom stereocenters. The van der Waals surface area contributed by atoms with Crippen LogP contribution in [0.3, 0.4) is 0 Å². The van der Waals surface area contributed by atoms with Crippen molar-refractivity contribution in [2.75, 3.05) is 0 Å². The molecule has 1 fully saturated rings. The summed E-state index contributed by atoms with van der Waals surface area (Å²) >= 11 is 0. The third-order valence-electron chi connectivity index (χ3n) is 3.38. The Morgan fingerprint density at radius 2 is 2.14 bits per heavy atom. The van der Waals surface area contributed by atoms with Crippen LogP contribution in [0.25, 0.3) is 0 Å². The predicted molar refractivity (Wildman–Crippen MR) is 73.1 cm³/mol. The second kappa shape index (κ2) is 5.35. The second-order valence-corrected chi connectivity index (χ2v) is 6.37. The Kier molecular flexibility index (Phi) is 3.90. The van der Waals surface area contributed by atoms with Crippen LogP contribution in [0.5, 0.6) is 0 Å². The summed E-state index contributed by atoms with van der Waals surface area (Å²) in [5, 5.41) is 15.4. The molecule has 1 aliphatic heterocycles. The molecular weight excluding hydrogens is 274 g/mol. The lowest BCUT2D eigenvalue weighted by atomic mass is 9.78. The van der Waals surface area contributed by atoms with Gasteiger partial charge in [-0.15, -0.1) is 0 Å². The van der Waals surface area contributed by atoms with Crippen molar-refractivity contribution >= 4 is 17.6 Å². The first-order valence-electron chi connectivity index (χ1n) is 6.94. The van der Waals surface area contributed by atoms with Crippen molar-refractivity contribution in [3.63, 3.8) is 0 Å². The molecule has 2 rings (SSSR count). The quantitative estimate of drug-likeness (QED) is 0.783. The van der Waals surface area contributed by atoms with Gasteiger partial charge in [0.2, 0.25) is 6.10 Å². The van der Waals surface area contributed by atoms with Crippen LogP contribution >= 0.6 is 0 Å². The van der Waals surface area contributed by atoms with Crippen LogP contribution in [0.4, 0.5) is 0 Å². The van der Waals surface area contributed by atoms with Crippen molar-refractivity contribution in [3.05, 3.63) is 0 Å². The van der Waals surface area contributed by atoms with Crippen LogP contribution in [0.1, 0.15) is 46.5 Å². The average molecular weight is 293 g/mol. The summed E-state index contributed by atoms with van der Waals surface area (Å²) in [6.45, 7) is 5.25. The summed E-state index contributed by atoms with van der Waals surface area (Å²) in [4.78, 5) is 28.9. The Labute approximate surface area is 123 Å². The van der Waals surface area contributed by atoms with Crippen molar-refractivity contribution in [2.24, 2.45) is 5.16 Å². The third kappa shape index (κ3) is 3.51. The Hall–Kier alpha value is -2.10. The number of carbonyl (C=O) groups is 2. The van der Waals surface area contributed by atoms with E-state index in [1.54, 1.807) is 20.8 Å². The van der Waals surface area contributed by atoms with Gasteiger partial charge >= 0.3 is 5.97 Å². The van der Waals surface area contributed by atoms with Gasteiger partial charge < -0.3 is 14.9 Å². The zero-order valence-electron chi connectivity index (χ0n) is 12.4. The highest BCUT2D eigenvalue weighted by molar-refractivity contribution is 6.37. The van der Waals surface area contributed by atoms with Crippen LogP contribution in [0.2, 0.25) is 0 Å². The van der Waals surface area contributed by atoms with E-state index in [1.807, 2.05) is 0 Å². The van der Waals surface area contributed by atoms with Crippen LogP contribution in [0, 0.1) is 11.3 Å². The Morgan fingerprint density at radius 1 is 1.48 bits per heavy atom. The molecule has 2 aliphatic rings. The maximum Gasteiger partial charge on any atom is 0.356 e. The SMILES string of the molecule is CC(C)(C)OC(=O)C1=NO[C@@H](C(=O)NC2(C#N)CCC2)C1. The van der Waals surface area contributed by atoms with E-state index < -0.39 is 29.1 Å². The fraction of sp³-hybridized carbons (Fsp3) is 0.714. The number of rotatable bonds is 3. The van der Waals surface area contributed by atoms with Gasteiger partial charge in [0.15, 0.2) is 5.71 Å². The van der Waals surface area contributed by atoms with E-state index in [-0.39, 0.29) is 12.1 Å². The standard InChI is InChI=1S/C14H19N3O4/c1-13(2,3)20-12(19)9-7-10(21-17-9)11(18)16-14(8-15)5-4-6-14/h10H,4-7H2,1-3H3,(H,16,18)/t10-/m1/s1. The minimum atomic E-state index is -0.877. The smallest absolute Gasteiger partial charge is 0.356 e. The van der Waals surface area contributed by atoms with Crippen LogP contribution in [0.15, 0.2) is 5.16 Å². The first-order chi connectivity index (χ1) is 9.75. The Bertz CT molecular complexity index is 523. The van der Waals surface area contributed by atoms with Crippen LogP contribution < -0.4 is 5.32 Å². The van der Waals surface area contributed by atoms with Crippen molar-refractivity contribution in [1.29, 1.82) is 5.26 Å². The zero-order chi connectivity index (χ0) is 15.7. The highest BCUT2D eigenvalue weighted by atomic mass is 16.7. The maximum absolute atomic E-state index is 12.1. The number of ether oxygens (including phenoxy) is 1. The number of hydrogen-bond donors (Lipinski definition) is 1. The molecule has 1 atom stereocenters. The molecule has 7 heteroatoms. The number of nitrogens with zero attached hydrogens (tertiary/aromatic N) is 2. The maximum atomic E-state index is 12.1. The van der Waals surface area contributed by atoms with E-state index in [0.717, 1.165) is 6.42 Å². The fourth-order valence-electron chi connectivity index (χ4n) is 2.09. The molecule has 0 saturated heterocycles. The Balaban J connectivity index is 1.88. The van der Waals surface area contributed by atoms with E-state index >= 15 is 0 Å². The minimum Gasteiger partial charge on any atom is -0.455 e. The van der Waals surface area contributed by atoms with Crippen molar-refractivity contribution in [2.45, 2.75) is 63.7 Å². The minimum absolute atomic E-state index is 0.0578. The lowest BCUT2D eigenvalue weighted by Crippen LogP contribution is -2.55. The normalized spacial score (nSPS) is 23.1. The topological polar surface area (TPSA) is 101 Å². The van der Waals surface area contributed by atoms with E-state index in [2.05, 4.69) is 16.5 Å². The average Bonchev–Trinajstić information content (AvgIpc) is 2.81. The molecule has 1 N–H and O–H groups in total. The molecular formula is C14H19N3O4. The largest absolute Gasteiger partial charge is 0.455 e. The number of esters is 1. The molecule has 1 heterocycles. The van der Waals surface area contributed by atoms with Gasteiger partial charge in [-0.1, -0.05) is 5.16 Å². The van der Waals surface area contributed by atoms with Gasteiger partial charge in [-0.3, -0.25) is 4.79 Å². The van der Waals surface area contributed by atoms with Gasteiger partial charge in [-0.25, -0.2) is 4.79 Å². The van der Waals surface area contributed by atoms with Gasteiger partial charge in [-0.05, 0) is 40.0 Å². The number of carbonyl (C=O) groups excluding carboxylic acids is 2.